The molecular weight excluding hydrogens is 361 g/mol. The summed E-state index contributed by atoms with van der Waals surface area (Å²) in [7, 11) is 0. The topological polar surface area (TPSA) is 82.0 Å². The zero-order valence-corrected chi connectivity index (χ0v) is 14.7. The maximum Gasteiger partial charge on any atom is 0.267 e. The highest BCUT2D eigenvalue weighted by Gasteiger charge is 2.10. The molecule has 2 rings (SSSR count). The molecule has 0 heterocycles. The first-order valence-electron chi connectivity index (χ1n) is 7.15. The number of rotatable bonds is 5. The lowest BCUT2D eigenvalue weighted by Crippen LogP contribution is -2.14. The number of carbonyl (C=O) groups excluding carboxylic acids is 2. The van der Waals surface area contributed by atoms with E-state index in [1.807, 2.05) is 6.07 Å². The molecular formula is C18H13Cl2N3O2. The van der Waals surface area contributed by atoms with E-state index in [-0.39, 0.29) is 11.4 Å². The first kappa shape index (κ1) is 18.5. The van der Waals surface area contributed by atoms with Gasteiger partial charge in [0.15, 0.2) is 5.78 Å². The molecule has 0 fully saturated rings. The Hall–Kier alpha value is -2.81. The molecule has 126 valence electrons. The molecule has 0 aliphatic rings. The second-order valence-corrected chi connectivity index (χ2v) is 5.85. The summed E-state index contributed by atoms with van der Waals surface area (Å²) in [5, 5.41) is 15.3. The van der Waals surface area contributed by atoms with Crippen LogP contribution in [0.1, 0.15) is 17.3 Å². The van der Waals surface area contributed by atoms with E-state index in [0.717, 1.165) is 0 Å². The standard InChI is InChI=1S/C18H13Cl2N3O2/c1-11(24)12-2-4-14(5-3-12)23-18(25)13(9-21)10-22-15-6-7-16(19)17(20)8-15/h2-8,10,22H,1H3,(H,23,25)/b13-10-. The number of nitrogens with one attached hydrogen (secondary N) is 2. The summed E-state index contributed by atoms with van der Waals surface area (Å²) in [5.41, 5.74) is 1.48. The van der Waals surface area contributed by atoms with Gasteiger partial charge in [-0.05, 0) is 49.4 Å². The molecule has 0 saturated carbocycles. The lowest BCUT2D eigenvalue weighted by Gasteiger charge is -2.06. The smallest absolute Gasteiger partial charge is 0.267 e. The summed E-state index contributed by atoms with van der Waals surface area (Å²) in [5.74, 6) is -0.646. The maximum absolute atomic E-state index is 12.1. The van der Waals surface area contributed by atoms with E-state index in [1.54, 1.807) is 42.5 Å². The number of hydrogen-bond acceptors (Lipinski definition) is 4. The molecule has 0 unspecified atom stereocenters. The zero-order chi connectivity index (χ0) is 18.4. The summed E-state index contributed by atoms with van der Waals surface area (Å²) in [4.78, 5) is 23.4. The number of ketones is 1. The van der Waals surface area contributed by atoms with Crippen LogP contribution >= 0.6 is 23.2 Å². The Labute approximate surface area is 154 Å². The number of Topliss-reactive ketones (excluding diaryl/α,β-unsaturated/α-hetero) is 1. The Morgan fingerprint density at radius 3 is 2.24 bits per heavy atom. The van der Waals surface area contributed by atoms with Crippen molar-refractivity contribution < 1.29 is 9.59 Å². The average molecular weight is 374 g/mol. The van der Waals surface area contributed by atoms with Gasteiger partial charge in [-0.25, -0.2) is 0 Å². The van der Waals surface area contributed by atoms with Crippen molar-refractivity contribution in [2.24, 2.45) is 0 Å². The molecule has 0 aliphatic heterocycles. The van der Waals surface area contributed by atoms with Crippen LogP contribution in [-0.2, 0) is 4.79 Å². The molecule has 2 aromatic rings. The van der Waals surface area contributed by atoms with Gasteiger partial charge in [-0.1, -0.05) is 23.2 Å². The first-order chi connectivity index (χ1) is 11.9. The largest absolute Gasteiger partial charge is 0.360 e. The van der Waals surface area contributed by atoms with Crippen molar-refractivity contribution in [1.82, 2.24) is 0 Å². The number of anilines is 2. The second kappa shape index (κ2) is 8.34. The van der Waals surface area contributed by atoms with E-state index in [4.69, 9.17) is 28.5 Å². The fourth-order valence-electron chi connectivity index (χ4n) is 1.88. The SMILES string of the molecule is CC(=O)c1ccc(NC(=O)/C(C#N)=C\Nc2ccc(Cl)c(Cl)c2)cc1. The molecule has 1 amide bonds. The summed E-state index contributed by atoms with van der Waals surface area (Å²) < 4.78 is 0. The minimum Gasteiger partial charge on any atom is -0.360 e. The Morgan fingerprint density at radius 2 is 1.68 bits per heavy atom. The van der Waals surface area contributed by atoms with Crippen molar-refractivity contribution in [3.05, 3.63) is 69.8 Å². The number of benzene rings is 2. The van der Waals surface area contributed by atoms with Gasteiger partial charge < -0.3 is 10.6 Å². The van der Waals surface area contributed by atoms with Gasteiger partial charge in [0.1, 0.15) is 11.6 Å². The van der Waals surface area contributed by atoms with Crippen LogP contribution in [0.5, 0.6) is 0 Å². The quantitative estimate of drug-likeness (QED) is 0.453. The Balaban J connectivity index is 2.08. The molecule has 0 bridgehead atoms. The minimum absolute atomic E-state index is 0.0682. The highest BCUT2D eigenvalue weighted by atomic mass is 35.5. The van der Waals surface area contributed by atoms with Gasteiger partial charge in [0, 0.05) is 23.1 Å². The van der Waals surface area contributed by atoms with Crippen molar-refractivity contribution in [2.45, 2.75) is 6.92 Å². The molecule has 25 heavy (non-hydrogen) atoms. The van der Waals surface area contributed by atoms with Gasteiger partial charge in [0.2, 0.25) is 0 Å². The van der Waals surface area contributed by atoms with E-state index in [0.29, 0.717) is 27.0 Å². The van der Waals surface area contributed by atoms with Crippen LogP contribution in [0.15, 0.2) is 54.2 Å². The highest BCUT2D eigenvalue weighted by molar-refractivity contribution is 6.42. The Kier molecular flexibility index (Phi) is 6.18. The van der Waals surface area contributed by atoms with Crippen LogP contribution in [0.25, 0.3) is 0 Å². The van der Waals surface area contributed by atoms with E-state index in [1.165, 1.54) is 13.1 Å². The monoisotopic (exact) mass is 373 g/mol. The number of halogens is 2. The normalized spacial score (nSPS) is 10.7. The van der Waals surface area contributed by atoms with Crippen molar-refractivity contribution in [2.75, 3.05) is 10.6 Å². The predicted octanol–water partition coefficient (Wildman–Crippen LogP) is 4.65. The third kappa shape index (κ3) is 5.08. The van der Waals surface area contributed by atoms with Gasteiger partial charge >= 0.3 is 0 Å². The fourth-order valence-corrected chi connectivity index (χ4v) is 2.17. The van der Waals surface area contributed by atoms with Crippen molar-refractivity contribution >= 4 is 46.3 Å². The lowest BCUT2D eigenvalue weighted by molar-refractivity contribution is -0.112. The van der Waals surface area contributed by atoms with Gasteiger partial charge in [-0.15, -0.1) is 0 Å². The van der Waals surface area contributed by atoms with Gasteiger partial charge in [-0.2, -0.15) is 5.26 Å². The van der Waals surface area contributed by atoms with E-state index < -0.39 is 5.91 Å². The van der Waals surface area contributed by atoms with Gasteiger partial charge in [-0.3, -0.25) is 9.59 Å². The molecule has 5 nitrogen and oxygen atoms in total. The van der Waals surface area contributed by atoms with E-state index >= 15 is 0 Å². The Morgan fingerprint density at radius 1 is 1.04 bits per heavy atom. The van der Waals surface area contributed by atoms with Gasteiger partial charge in [0.25, 0.3) is 5.91 Å². The highest BCUT2D eigenvalue weighted by Crippen LogP contribution is 2.25. The van der Waals surface area contributed by atoms with Crippen LogP contribution < -0.4 is 10.6 Å². The summed E-state index contributed by atoms with van der Waals surface area (Å²) in [6, 6.07) is 13.0. The van der Waals surface area contributed by atoms with E-state index in [2.05, 4.69) is 10.6 Å². The second-order valence-electron chi connectivity index (χ2n) is 5.03. The molecule has 0 saturated heterocycles. The first-order valence-corrected chi connectivity index (χ1v) is 7.90. The summed E-state index contributed by atoms with van der Waals surface area (Å²) >= 11 is 11.7. The number of hydrogen-bond donors (Lipinski definition) is 2. The molecule has 0 aromatic heterocycles. The molecule has 0 aliphatic carbocycles. The number of nitrogens with zero attached hydrogens (tertiary/aromatic N) is 1. The van der Waals surface area contributed by atoms with E-state index in [9.17, 15) is 9.59 Å². The van der Waals surface area contributed by atoms with Gasteiger partial charge in [0.05, 0.1) is 10.0 Å². The zero-order valence-electron chi connectivity index (χ0n) is 13.1. The fraction of sp³-hybridized carbons (Fsp3) is 0.0556. The predicted molar refractivity (Wildman–Crippen MR) is 98.9 cm³/mol. The van der Waals surface area contributed by atoms with Crippen LogP contribution in [-0.4, -0.2) is 11.7 Å². The van der Waals surface area contributed by atoms with Crippen LogP contribution in [0.2, 0.25) is 10.0 Å². The summed E-state index contributed by atoms with van der Waals surface area (Å²) in [6.07, 6.45) is 1.28. The third-order valence-electron chi connectivity index (χ3n) is 3.22. The average Bonchev–Trinajstić information content (AvgIpc) is 2.59. The van der Waals surface area contributed by atoms with Crippen LogP contribution in [0, 0.1) is 11.3 Å². The van der Waals surface area contributed by atoms with Crippen LogP contribution in [0.4, 0.5) is 11.4 Å². The van der Waals surface area contributed by atoms with Crippen molar-refractivity contribution in [1.29, 1.82) is 5.26 Å². The van der Waals surface area contributed by atoms with Crippen molar-refractivity contribution in [3.8, 4) is 6.07 Å². The minimum atomic E-state index is -0.578. The molecule has 0 radical (unpaired) electrons. The Bertz CT molecular complexity index is 884. The maximum atomic E-state index is 12.1. The van der Waals surface area contributed by atoms with Crippen molar-refractivity contribution in [3.63, 3.8) is 0 Å². The van der Waals surface area contributed by atoms with Crippen LogP contribution in [0.3, 0.4) is 0 Å². The number of carbonyl (C=O) groups is 2. The summed E-state index contributed by atoms with van der Waals surface area (Å²) in [6.45, 7) is 1.46. The number of nitriles is 1. The molecule has 0 spiro atoms. The third-order valence-corrected chi connectivity index (χ3v) is 3.96. The molecule has 2 N–H and O–H groups in total. The number of amides is 1. The molecule has 7 heteroatoms. The lowest BCUT2D eigenvalue weighted by atomic mass is 10.1. The molecule has 2 aromatic carbocycles. The molecule has 0 atom stereocenters.